The van der Waals surface area contributed by atoms with Crippen molar-refractivity contribution in [1.29, 1.82) is 0 Å². The third-order valence-electron chi connectivity index (χ3n) is 3.86. The summed E-state index contributed by atoms with van der Waals surface area (Å²) in [5, 5.41) is 0. The molecule has 0 fully saturated rings. The molecule has 140 valence electrons. The van der Waals surface area contributed by atoms with Crippen molar-refractivity contribution in [2.75, 3.05) is 41.3 Å². The van der Waals surface area contributed by atoms with Crippen molar-refractivity contribution in [3.05, 3.63) is 0 Å². The van der Waals surface area contributed by atoms with Gasteiger partial charge in [0.15, 0.2) is 0 Å². The minimum Gasteiger partial charge on any atom is -0.294 e. The van der Waals surface area contributed by atoms with E-state index in [-0.39, 0.29) is 23.1 Å². The number of hydrogen-bond acceptors (Lipinski definition) is 2. The third kappa shape index (κ3) is 7.18. The summed E-state index contributed by atoms with van der Waals surface area (Å²) in [5.41, 5.74) is -0.435. The molecule has 6 heteroatoms. The van der Waals surface area contributed by atoms with E-state index in [1.165, 1.54) is 0 Å². The van der Waals surface area contributed by atoms with Gasteiger partial charge in [-0.05, 0) is 41.5 Å². The van der Waals surface area contributed by atoms with Crippen molar-refractivity contribution in [2.45, 2.75) is 65.5 Å². The van der Waals surface area contributed by atoms with E-state index < -0.39 is 0 Å². The highest BCUT2D eigenvalue weighted by molar-refractivity contribution is 5.77. The van der Waals surface area contributed by atoms with Gasteiger partial charge in [0.05, 0.1) is 0 Å². The highest BCUT2D eigenvalue weighted by Gasteiger charge is 2.41. The molecule has 4 amide bonds. The van der Waals surface area contributed by atoms with Crippen LogP contribution in [0.15, 0.2) is 0 Å². The number of carbonyl (C=O) groups excluding carboxylic acids is 2. The highest BCUT2D eigenvalue weighted by atomic mass is 16.2. The molecule has 0 aromatic heterocycles. The first-order valence-corrected chi connectivity index (χ1v) is 8.67. The van der Waals surface area contributed by atoms with Gasteiger partial charge >= 0.3 is 12.1 Å². The summed E-state index contributed by atoms with van der Waals surface area (Å²) < 4.78 is 0. The largest absolute Gasteiger partial charge is 0.467 e. The first-order valence-electron chi connectivity index (χ1n) is 8.67. The molecule has 2 radical (unpaired) electrons. The fourth-order valence-corrected chi connectivity index (χ4v) is 2.46. The highest BCUT2D eigenvalue weighted by Crippen LogP contribution is 2.15. The minimum atomic E-state index is -0.218. The standard InChI is InChI=1S/C18H38N4O2/c1-17(2,3)21(15(23)19(7)8)13-11-12-14-22(18(4,5)6)16(24)20(9)10/h11-14H2,1-10H3/q+2. The fraction of sp³-hybridized carbons (Fsp3) is 0.889. The predicted molar refractivity (Wildman–Crippen MR) is 101 cm³/mol. The minimum absolute atomic E-state index is 0.0274. The molecule has 0 aromatic carbocycles. The summed E-state index contributed by atoms with van der Waals surface area (Å²) in [6.07, 6.45) is 1.73. The maximum absolute atomic E-state index is 12.4. The molecule has 0 saturated heterocycles. The molecule has 0 heterocycles. The normalized spacial score (nSPS) is 12.7. The summed E-state index contributed by atoms with van der Waals surface area (Å²) >= 11 is 0. The first-order chi connectivity index (χ1) is 10.7. The molecule has 6 nitrogen and oxygen atoms in total. The number of unbranched alkanes of at least 4 members (excludes halogenated alkanes) is 1. The zero-order valence-electron chi connectivity index (χ0n) is 17.4. The Morgan fingerprint density at radius 2 is 0.917 bits per heavy atom. The van der Waals surface area contributed by atoms with Gasteiger partial charge in [-0.1, -0.05) is 9.80 Å². The first kappa shape index (κ1) is 22.9. The predicted octanol–water partition coefficient (Wildman–Crippen LogP) is 3.01. The van der Waals surface area contributed by atoms with Crippen LogP contribution in [-0.2, 0) is 0 Å². The lowest BCUT2D eigenvalue weighted by atomic mass is 10.0. The molecule has 0 aromatic rings. The monoisotopic (exact) mass is 342 g/mol. The summed E-state index contributed by atoms with van der Waals surface area (Å²) in [6, 6.07) is 0.0547. The summed E-state index contributed by atoms with van der Waals surface area (Å²) in [5.74, 6) is 0. The zero-order chi connectivity index (χ0) is 19.3. The average molecular weight is 343 g/mol. The lowest BCUT2D eigenvalue weighted by molar-refractivity contribution is 0.163. The van der Waals surface area contributed by atoms with E-state index in [0.717, 1.165) is 12.8 Å². The molecule has 0 saturated carbocycles. The molecule has 0 aliphatic rings. The van der Waals surface area contributed by atoms with E-state index >= 15 is 0 Å². The Morgan fingerprint density at radius 3 is 1.08 bits per heavy atom. The Labute approximate surface area is 148 Å². The number of rotatable bonds is 5. The van der Waals surface area contributed by atoms with Crippen LogP contribution < -0.4 is 9.80 Å². The third-order valence-corrected chi connectivity index (χ3v) is 3.86. The van der Waals surface area contributed by atoms with Crippen LogP contribution in [0.2, 0.25) is 0 Å². The molecule has 0 aliphatic heterocycles. The molecule has 0 N–H and O–H groups in total. The second-order valence-corrected chi connectivity index (χ2v) is 8.71. The zero-order valence-corrected chi connectivity index (χ0v) is 17.4. The van der Waals surface area contributed by atoms with Gasteiger partial charge in [-0.2, -0.15) is 0 Å². The van der Waals surface area contributed by atoms with Gasteiger partial charge < -0.3 is 0 Å². The van der Waals surface area contributed by atoms with Crippen molar-refractivity contribution < 1.29 is 9.59 Å². The molecular formula is C18H38N4O2+2. The number of hydrogen-bond donors (Lipinski definition) is 0. The van der Waals surface area contributed by atoms with E-state index in [1.807, 2.05) is 51.3 Å². The van der Waals surface area contributed by atoms with Crippen LogP contribution in [0.4, 0.5) is 9.59 Å². The Balaban J connectivity index is 4.76. The van der Waals surface area contributed by atoms with Gasteiger partial charge in [-0.15, -0.1) is 0 Å². The smallest absolute Gasteiger partial charge is 0.294 e. The van der Waals surface area contributed by atoms with Gasteiger partial charge in [0.1, 0.15) is 24.2 Å². The van der Waals surface area contributed by atoms with Crippen LogP contribution in [0.1, 0.15) is 54.4 Å². The average Bonchev–Trinajstić information content (AvgIpc) is 2.38. The topological polar surface area (TPSA) is 52.4 Å². The molecule has 0 rings (SSSR count). The van der Waals surface area contributed by atoms with Crippen LogP contribution in [-0.4, -0.2) is 74.2 Å². The fourth-order valence-electron chi connectivity index (χ4n) is 2.46. The number of carbonyl (C=O) groups is 2. The van der Waals surface area contributed by atoms with Gasteiger partial charge in [-0.3, -0.25) is 9.80 Å². The molecule has 0 unspecified atom stereocenters. The Morgan fingerprint density at radius 1 is 0.667 bits per heavy atom. The van der Waals surface area contributed by atoms with Crippen LogP contribution in [0.25, 0.3) is 0 Å². The van der Waals surface area contributed by atoms with Gasteiger partial charge in [0.25, 0.3) is 0 Å². The molecule has 0 aliphatic carbocycles. The lowest BCUT2D eigenvalue weighted by Gasteiger charge is -2.26. The van der Waals surface area contributed by atoms with Crippen LogP contribution in [0.5, 0.6) is 0 Å². The second-order valence-electron chi connectivity index (χ2n) is 8.71. The summed E-state index contributed by atoms with van der Waals surface area (Å²) in [7, 11) is 7.10. The molecule has 0 spiro atoms. The van der Waals surface area contributed by atoms with Crippen molar-refractivity contribution in [3.8, 4) is 0 Å². The van der Waals surface area contributed by atoms with E-state index in [2.05, 4.69) is 0 Å². The van der Waals surface area contributed by atoms with E-state index in [1.54, 1.807) is 38.0 Å². The van der Waals surface area contributed by atoms with E-state index in [9.17, 15) is 9.59 Å². The number of nitrogens with zero attached hydrogens (tertiary/aromatic N) is 4. The molecule has 0 atom stereocenters. The quantitative estimate of drug-likeness (QED) is 0.570. The van der Waals surface area contributed by atoms with Crippen molar-refractivity contribution in [1.82, 2.24) is 19.6 Å². The van der Waals surface area contributed by atoms with Crippen molar-refractivity contribution in [2.24, 2.45) is 0 Å². The molecular weight excluding hydrogens is 304 g/mol. The van der Waals surface area contributed by atoms with E-state index in [0.29, 0.717) is 13.1 Å². The number of amides is 4. The molecule has 0 bridgehead atoms. The summed E-state index contributed by atoms with van der Waals surface area (Å²) in [4.78, 5) is 31.7. The second kappa shape index (κ2) is 8.81. The van der Waals surface area contributed by atoms with Gasteiger partial charge in [-0.25, -0.2) is 9.59 Å². The van der Waals surface area contributed by atoms with Crippen LogP contribution in [0.3, 0.4) is 0 Å². The Kier molecular flexibility index (Phi) is 8.39. The van der Waals surface area contributed by atoms with E-state index in [4.69, 9.17) is 0 Å². The summed E-state index contributed by atoms with van der Waals surface area (Å²) in [6.45, 7) is 13.7. The van der Waals surface area contributed by atoms with Crippen molar-refractivity contribution in [3.63, 3.8) is 0 Å². The molecule has 24 heavy (non-hydrogen) atoms. The Hall–Kier alpha value is -1.14. The van der Waals surface area contributed by atoms with Crippen LogP contribution >= 0.6 is 0 Å². The van der Waals surface area contributed by atoms with Gasteiger partial charge in [0.2, 0.25) is 0 Å². The Bertz CT molecular complexity index is 380. The maximum Gasteiger partial charge on any atom is 0.467 e. The van der Waals surface area contributed by atoms with Crippen LogP contribution in [0, 0.1) is 0 Å². The van der Waals surface area contributed by atoms with Gasteiger partial charge in [0, 0.05) is 41.0 Å². The van der Waals surface area contributed by atoms with Crippen molar-refractivity contribution >= 4 is 12.1 Å². The lowest BCUT2D eigenvalue weighted by Crippen LogP contribution is -2.56. The number of urea groups is 2. The maximum atomic E-state index is 12.4. The SMILES string of the molecule is CN(C)C(=O)[N+](CCCC[N+](C(=O)N(C)C)C(C)(C)C)C(C)(C)C.